The minimum absolute atomic E-state index is 0.750. The third kappa shape index (κ3) is 4.35. The predicted octanol–water partition coefficient (Wildman–Crippen LogP) is 4.19. The molecule has 5 rings (SSSR count). The summed E-state index contributed by atoms with van der Waals surface area (Å²) < 4.78 is 0. The van der Waals surface area contributed by atoms with Crippen LogP contribution in [0, 0.1) is 0 Å². The van der Waals surface area contributed by atoms with Crippen LogP contribution in [0.2, 0.25) is 0 Å². The molecule has 0 radical (unpaired) electrons. The molecule has 2 aromatic carbocycles. The third-order valence-corrected chi connectivity index (χ3v) is 7.36. The van der Waals surface area contributed by atoms with Crippen LogP contribution in [0.5, 0.6) is 0 Å². The Kier molecular flexibility index (Phi) is 5.70. The number of likely N-dealkylation sites (tertiary alicyclic amines) is 1. The molecule has 1 saturated heterocycles. The Morgan fingerprint density at radius 2 is 1.60 bits per heavy atom. The van der Waals surface area contributed by atoms with Crippen molar-refractivity contribution in [2.75, 3.05) is 19.6 Å². The smallest absolute Gasteiger partial charge is 0.110 e. The van der Waals surface area contributed by atoms with Gasteiger partial charge in [-0.05, 0) is 36.0 Å². The summed E-state index contributed by atoms with van der Waals surface area (Å²) in [4.78, 5) is 9.78. The van der Waals surface area contributed by atoms with Gasteiger partial charge in [0.05, 0.1) is 12.2 Å². The molecule has 3 aromatic rings. The van der Waals surface area contributed by atoms with Gasteiger partial charge in [0.2, 0.25) is 0 Å². The van der Waals surface area contributed by atoms with Crippen LogP contribution in [-0.2, 0) is 31.7 Å². The van der Waals surface area contributed by atoms with Gasteiger partial charge in [-0.3, -0.25) is 9.80 Å². The topological polar surface area (TPSA) is 39.6 Å². The molecule has 2 aliphatic heterocycles. The Balaban J connectivity index is 1.18. The number of nitrogens with zero attached hydrogens (tertiary/aromatic N) is 3. The number of thiazole rings is 1. The zero-order valence-electron chi connectivity index (χ0n) is 17.3. The van der Waals surface area contributed by atoms with Crippen LogP contribution in [0.25, 0.3) is 0 Å². The highest BCUT2D eigenvalue weighted by Gasteiger charge is 2.36. The van der Waals surface area contributed by atoms with Crippen LogP contribution >= 0.6 is 11.3 Å². The SMILES string of the molecule is OC1(c2csc(CN3CCc4ccccc4C3)n2)CCN(Cc2ccccc2)CC1. The van der Waals surface area contributed by atoms with Crippen LogP contribution in [0.15, 0.2) is 60.0 Å². The van der Waals surface area contributed by atoms with Gasteiger partial charge in [-0.1, -0.05) is 54.6 Å². The number of hydrogen-bond donors (Lipinski definition) is 1. The zero-order chi connectivity index (χ0) is 20.4. The highest BCUT2D eigenvalue weighted by atomic mass is 32.1. The summed E-state index contributed by atoms with van der Waals surface area (Å²) >= 11 is 1.69. The fraction of sp³-hybridized carbons (Fsp3) is 0.400. The van der Waals surface area contributed by atoms with Crippen molar-refractivity contribution >= 4 is 11.3 Å². The third-order valence-electron chi connectivity index (χ3n) is 6.53. The minimum atomic E-state index is -0.781. The number of piperidine rings is 1. The van der Waals surface area contributed by atoms with Crippen LogP contribution in [-0.4, -0.2) is 39.5 Å². The van der Waals surface area contributed by atoms with Gasteiger partial charge in [0.1, 0.15) is 10.6 Å². The molecular weight excluding hydrogens is 390 g/mol. The second-order valence-electron chi connectivity index (χ2n) is 8.65. The van der Waals surface area contributed by atoms with E-state index in [0.29, 0.717) is 0 Å². The molecule has 2 aliphatic rings. The fourth-order valence-corrected chi connectivity index (χ4v) is 5.58. The minimum Gasteiger partial charge on any atom is -0.383 e. The Hall–Kier alpha value is -2.05. The maximum Gasteiger partial charge on any atom is 0.110 e. The lowest BCUT2D eigenvalue weighted by atomic mass is 9.88. The molecule has 3 heterocycles. The number of aromatic nitrogens is 1. The summed E-state index contributed by atoms with van der Waals surface area (Å²) in [7, 11) is 0. The van der Waals surface area contributed by atoms with Crippen molar-refractivity contribution in [1.82, 2.24) is 14.8 Å². The lowest BCUT2D eigenvalue weighted by Gasteiger charge is -2.37. The number of benzene rings is 2. The van der Waals surface area contributed by atoms with Gasteiger partial charge in [-0.15, -0.1) is 11.3 Å². The summed E-state index contributed by atoms with van der Waals surface area (Å²) in [5.41, 5.74) is 4.34. The fourth-order valence-electron chi connectivity index (χ4n) is 4.66. The van der Waals surface area contributed by atoms with E-state index in [4.69, 9.17) is 4.98 Å². The van der Waals surface area contributed by atoms with E-state index < -0.39 is 5.60 Å². The summed E-state index contributed by atoms with van der Waals surface area (Å²) in [6.07, 6.45) is 2.61. The van der Waals surface area contributed by atoms with E-state index in [0.717, 1.165) is 69.2 Å². The van der Waals surface area contributed by atoms with Crippen LogP contribution in [0.4, 0.5) is 0 Å². The molecule has 0 atom stereocenters. The number of aliphatic hydroxyl groups is 1. The van der Waals surface area contributed by atoms with Crippen molar-refractivity contribution in [3.05, 3.63) is 87.4 Å². The van der Waals surface area contributed by atoms with Crippen molar-refractivity contribution in [3.8, 4) is 0 Å². The first-order valence-corrected chi connectivity index (χ1v) is 11.8. The summed E-state index contributed by atoms with van der Waals surface area (Å²) in [5.74, 6) is 0. The highest BCUT2D eigenvalue weighted by molar-refractivity contribution is 7.09. The molecule has 1 aromatic heterocycles. The van der Waals surface area contributed by atoms with E-state index in [1.54, 1.807) is 11.3 Å². The molecule has 0 amide bonds. The van der Waals surface area contributed by atoms with E-state index >= 15 is 0 Å². The second-order valence-corrected chi connectivity index (χ2v) is 9.59. The van der Waals surface area contributed by atoms with Crippen LogP contribution in [0.3, 0.4) is 0 Å². The molecule has 5 heteroatoms. The first-order valence-electron chi connectivity index (χ1n) is 10.9. The van der Waals surface area contributed by atoms with Gasteiger partial charge < -0.3 is 5.11 Å². The Morgan fingerprint density at radius 1 is 0.867 bits per heavy atom. The average molecular weight is 420 g/mol. The molecule has 1 fully saturated rings. The molecule has 0 saturated carbocycles. The second kappa shape index (κ2) is 8.60. The molecule has 0 bridgehead atoms. The predicted molar refractivity (Wildman–Crippen MR) is 121 cm³/mol. The number of fused-ring (bicyclic) bond motifs is 1. The van der Waals surface area contributed by atoms with Crippen molar-refractivity contribution in [1.29, 1.82) is 0 Å². The van der Waals surface area contributed by atoms with Gasteiger partial charge >= 0.3 is 0 Å². The molecule has 4 nitrogen and oxygen atoms in total. The quantitative estimate of drug-likeness (QED) is 0.673. The van der Waals surface area contributed by atoms with E-state index in [2.05, 4.69) is 69.8 Å². The molecule has 30 heavy (non-hydrogen) atoms. The monoisotopic (exact) mass is 419 g/mol. The standard InChI is InChI=1S/C25H29N3OS/c29-25(11-14-27(15-12-25)16-20-6-2-1-3-7-20)23-19-30-24(26-23)18-28-13-10-21-8-4-5-9-22(21)17-28/h1-9,19,29H,10-18H2. The summed E-state index contributed by atoms with van der Waals surface area (Å²) in [6.45, 7) is 5.70. The molecule has 0 unspecified atom stereocenters. The number of hydrogen-bond acceptors (Lipinski definition) is 5. The molecular formula is C25H29N3OS. The average Bonchev–Trinajstić information content (AvgIpc) is 3.26. The Labute approximate surface area is 182 Å². The lowest BCUT2D eigenvalue weighted by molar-refractivity contribution is -0.0308. The molecule has 1 N–H and O–H groups in total. The van der Waals surface area contributed by atoms with E-state index in [1.807, 2.05) is 0 Å². The Bertz CT molecular complexity index is 979. The summed E-state index contributed by atoms with van der Waals surface area (Å²) in [5, 5.41) is 14.5. The summed E-state index contributed by atoms with van der Waals surface area (Å²) in [6, 6.07) is 19.3. The van der Waals surface area contributed by atoms with Gasteiger partial charge in [-0.2, -0.15) is 0 Å². The maximum atomic E-state index is 11.3. The molecule has 0 spiro atoms. The van der Waals surface area contributed by atoms with Crippen LogP contribution in [0.1, 0.15) is 40.2 Å². The van der Waals surface area contributed by atoms with Crippen molar-refractivity contribution < 1.29 is 5.11 Å². The van der Waals surface area contributed by atoms with Gasteiger partial charge in [0.15, 0.2) is 0 Å². The van der Waals surface area contributed by atoms with E-state index in [9.17, 15) is 5.11 Å². The van der Waals surface area contributed by atoms with Gasteiger partial charge in [0, 0.05) is 38.1 Å². The highest BCUT2D eigenvalue weighted by Crippen LogP contribution is 2.34. The number of rotatable bonds is 5. The van der Waals surface area contributed by atoms with Gasteiger partial charge in [-0.25, -0.2) is 4.98 Å². The van der Waals surface area contributed by atoms with Crippen molar-refractivity contribution in [2.45, 2.75) is 44.5 Å². The zero-order valence-corrected chi connectivity index (χ0v) is 18.2. The molecule has 156 valence electrons. The molecule has 0 aliphatic carbocycles. The first kappa shape index (κ1) is 19.9. The lowest BCUT2D eigenvalue weighted by Crippen LogP contribution is -2.42. The van der Waals surface area contributed by atoms with Crippen molar-refractivity contribution in [2.24, 2.45) is 0 Å². The maximum absolute atomic E-state index is 11.3. The van der Waals surface area contributed by atoms with Gasteiger partial charge in [0.25, 0.3) is 0 Å². The normalized spacial score (nSPS) is 19.5. The van der Waals surface area contributed by atoms with Crippen molar-refractivity contribution in [3.63, 3.8) is 0 Å². The Morgan fingerprint density at radius 3 is 2.40 bits per heavy atom. The van der Waals surface area contributed by atoms with E-state index in [-0.39, 0.29) is 0 Å². The van der Waals surface area contributed by atoms with Crippen LogP contribution < -0.4 is 0 Å². The first-order chi connectivity index (χ1) is 14.7. The largest absolute Gasteiger partial charge is 0.383 e. The van der Waals surface area contributed by atoms with E-state index in [1.165, 1.54) is 16.7 Å².